The summed E-state index contributed by atoms with van der Waals surface area (Å²) in [6.07, 6.45) is 1.29. The van der Waals surface area contributed by atoms with Gasteiger partial charge in [0.1, 0.15) is 18.4 Å². The maximum absolute atomic E-state index is 13.7. The number of amides is 2. The first-order valence-electron chi connectivity index (χ1n) is 11.4. The number of carbonyl (C=O) groups excluding carboxylic acids is 2. The van der Waals surface area contributed by atoms with E-state index in [-0.39, 0.29) is 29.1 Å². The predicted molar refractivity (Wildman–Crippen MR) is 137 cm³/mol. The van der Waals surface area contributed by atoms with Crippen LogP contribution in [0.4, 0.5) is 10.1 Å². The number of hydrogen-bond donors (Lipinski definition) is 1. The van der Waals surface area contributed by atoms with E-state index in [2.05, 4.69) is 5.32 Å². The summed E-state index contributed by atoms with van der Waals surface area (Å²) in [4.78, 5) is 28.0. The van der Waals surface area contributed by atoms with E-state index < -0.39 is 34.3 Å². The van der Waals surface area contributed by atoms with Crippen molar-refractivity contribution < 1.29 is 22.4 Å². The fourth-order valence-corrected chi connectivity index (χ4v) is 4.62. The molecule has 2 amide bonds. The quantitative estimate of drug-likeness (QED) is 0.478. The Morgan fingerprint density at radius 3 is 2.37 bits per heavy atom. The Hall–Kier alpha value is -2.65. The minimum atomic E-state index is -3.93. The number of halogens is 2. The van der Waals surface area contributed by atoms with Crippen LogP contribution in [0.15, 0.2) is 42.5 Å². The molecule has 0 bridgehead atoms. The van der Waals surface area contributed by atoms with Gasteiger partial charge in [-0.25, -0.2) is 12.8 Å². The lowest BCUT2D eigenvalue weighted by atomic mass is 10.1. The number of aryl methyl sites for hydroxylation is 1. The molecule has 0 aromatic heterocycles. The highest BCUT2D eigenvalue weighted by Crippen LogP contribution is 2.25. The molecule has 0 aliphatic carbocycles. The Labute approximate surface area is 212 Å². The molecule has 0 fully saturated rings. The van der Waals surface area contributed by atoms with Crippen LogP contribution in [0.2, 0.25) is 5.02 Å². The lowest BCUT2D eigenvalue weighted by Gasteiger charge is -2.33. The van der Waals surface area contributed by atoms with Gasteiger partial charge in [-0.05, 0) is 43.0 Å². The highest BCUT2D eigenvalue weighted by molar-refractivity contribution is 7.92. The van der Waals surface area contributed by atoms with Gasteiger partial charge in [0.05, 0.1) is 17.0 Å². The van der Waals surface area contributed by atoms with Gasteiger partial charge < -0.3 is 10.2 Å². The summed E-state index contributed by atoms with van der Waals surface area (Å²) in [6.45, 7) is 7.65. The number of hydrogen-bond acceptors (Lipinski definition) is 4. The van der Waals surface area contributed by atoms with Gasteiger partial charge in [-0.2, -0.15) is 0 Å². The number of nitrogens with one attached hydrogen (secondary N) is 1. The third kappa shape index (κ3) is 8.21. The predicted octanol–water partition coefficient (Wildman–Crippen LogP) is 4.13. The van der Waals surface area contributed by atoms with Crippen LogP contribution in [-0.2, 0) is 26.2 Å². The third-order valence-corrected chi connectivity index (χ3v) is 6.81. The molecule has 0 spiro atoms. The van der Waals surface area contributed by atoms with Crippen LogP contribution in [0.1, 0.15) is 38.3 Å². The van der Waals surface area contributed by atoms with Gasteiger partial charge in [0.2, 0.25) is 21.8 Å². The smallest absolute Gasteiger partial charge is 0.244 e. The Morgan fingerprint density at radius 1 is 1.14 bits per heavy atom. The molecule has 0 saturated heterocycles. The zero-order chi connectivity index (χ0) is 26.3. The molecule has 2 rings (SSSR count). The molecule has 0 saturated carbocycles. The van der Waals surface area contributed by atoms with Crippen molar-refractivity contribution in [1.82, 2.24) is 10.2 Å². The number of rotatable bonds is 11. The number of nitrogens with zero attached hydrogens (tertiary/aromatic N) is 2. The van der Waals surface area contributed by atoms with Crippen molar-refractivity contribution in [3.8, 4) is 0 Å². The van der Waals surface area contributed by atoms with Crippen LogP contribution < -0.4 is 9.62 Å². The summed E-state index contributed by atoms with van der Waals surface area (Å²) in [5.74, 6) is -1.35. The Balaban J connectivity index is 2.44. The Kier molecular flexibility index (Phi) is 10.1. The normalized spacial score (nSPS) is 12.3. The number of anilines is 1. The van der Waals surface area contributed by atoms with Crippen molar-refractivity contribution in [2.24, 2.45) is 5.92 Å². The van der Waals surface area contributed by atoms with Crippen molar-refractivity contribution >= 4 is 39.1 Å². The van der Waals surface area contributed by atoms with Crippen LogP contribution in [0.25, 0.3) is 0 Å². The zero-order valence-corrected chi connectivity index (χ0v) is 22.3. The van der Waals surface area contributed by atoms with Crippen LogP contribution in [0.3, 0.4) is 0 Å². The van der Waals surface area contributed by atoms with Crippen molar-refractivity contribution in [3.63, 3.8) is 0 Å². The van der Waals surface area contributed by atoms with Crippen LogP contribution in [0.5, 0.6) is 0 Å². The minimum absolute atomic E-state index is 0.0556. The molecule has 1 N–H and O–H groups in total. The second-order valence-corrected chi connectivity index (χ2v) is 11.3. The van der Waals surface area contributed by atoms with E-state index in [0.717, 1.165) is 33.8 Å². The van der Waals surface area contributed by atoms with Gasteiger partial charge in [0.25, 0.3) is 0 Å². The van der Waals surface area contributed by atoms with Crippen molar-refractivity contribution in [2.75, 3.05) is 23.7 Å². The molecule has 0 heterocycles. The summed E-state index contributed by atoms with van der Waals surface area (Å²) < 4.78 is 39.7. The number of benzene rings is 2. The maximum Gasteiger partial charge on any atom is 0.244 e. The molecular weight excluding hydrogens is 493 g/mol. The second kappa shape index (κ2) is 12.4. The summed E-state index contributed by atoms with van der Waals surface area (Å²) in [7, 11) is -3.93. The summed E-state index contributed by atoms with van der Waals surface area (Å²) in [5.41, 5.74) is 1.86. The number of carbonyl (C=O) groups is 2. The first kappa shape index (κ1) is 28.6. The molecule has 2 aromatic carbocycles. The number of sulfonamides is 1. The fourth-order valence-electron chi connectivity index (χ4n) is 3.60. The highest BCUT2D eigenvalue weighted by Gasteiger charge is 2.32. The van der Waals surface area contributed by atoms with Crippen molar-refractivity contribution in [3.05, 3.63) is 64.4 Å². The molecular formula is C25H33ClFN3O4S. The second-order valence-electron chi connectivity index (χ2n) is 8.94. The zero-order valence-electron chi connectivity index (χ0n) is 20.7. The lowest BCUT2D eigenvalue weighted by Crippen LogP contribution is -2.52. The summed E-state index contributed by atoms with van der Waals surface area (Å²) in [5, 5.41) is 2.61. The maximum atomic E-state index is 13.7. The average Bonchev–Trinajstić information content (AvgIpc) is 2.77. The van der Waals surface area contributed by atoms with Gasteiger partial charge in [-0.15, -0.1) is 0 Å². The van der Waals surface area contributed by atoms with E-state index in [1.54, 1.807) is 6.92 Å². The first-order valence-corrected chi connectivity index (χ1v) is 13.6. The molecule has 0 aliphatic rings. The lowest BCUT2D eigenvalue weighted by molar-refractivity contribution is -0.140. The van der Waals surface area contributed by atoms with E-state index in [0.29, 0.717) is 13.0 Å². The van der Waals surface area contributed by atoms with Crippen LogP contribution >= 0.6 is 11.6 Å². The first-order chi connectivity index (χ1) is 16.3. The third-order valence-electron chi connectivity index (χ3n) is 5.38. The van der Waals surface area contributed by atoms with E-state index in [9.17, 15) is 22.4 Å². The largest absolute Gasteiger partial charge is 0.354 e. The molecule has 2 aromatic rings. The molecule has 35 heavy (non-hydrogen) atoms. The standard InChI is InChI=1S/C25H33ClFN3O4S/c1-6-23(25(32)28-14-17(2)3)29(15-19-9-7-8-18(4)12-19)24(31)16-30(35(5,33)34)20-10-11-22(27)21(26)13-20/h7-13,17,23H,6,14-16H2,1-5H3,(H,28,32). The molecule has 192 valence electrons. The van der Waals surface area contributed by atoms with Gasteiger partial charge >= 0.3 is 0 Å². The van der Waals surface area contributed by atoms with Gasteiger partial charge in [0, 0.05) is 13.1 Å². The topological polar surface area (TPSA) is 86.8 Å². The van der Waals surface area contributed by atoms with E-state index in [4.69, 9.17) is 11.6 Å². The molecule has 7 nitrogen and oxygen atoms in total. The Bertz CT molecular complexity index is 1160. The SMILES string of the molecule is CCC(C(=O)NCC(C)C)N(Cc1cccc(C)c1)C(=O)CN(c1ccc(F)c(Cl)c1)S(C)(=O)=O. The molecule has 10 heteroatoms. The Morgan fingerprint density at radius 2 is 1.83 bits per heavy atom. The minimum Gasteiger partial charge on any atom is -0.354 e. The van der Waals surface area contributed by atoms with Gasteiger partial charge in [-0.1, -0.05) is 62.2 Å². The average molecular weight is 526 g/mol. The van der Waals surface area contributed by atoms with Crippen molar-refractivity contribution in [2.45, 2.75) is 46.7 Å². The van der Waals surface area contributed by atoms with Gasteiger partial charge in [0.15, 0.2) is 0 Å². The van der Waals surface area contributed by atoms with Gasteiger partial charge in [-0.3, -0.25) is 13.9 Å². The summed E-state index contributed by atoms with van der Waals surface area (Å²) in [6, 6.07) is 10.2. The monoisotopic (exact) mass is 525 g/mol. The van der Waals surface area contributed by atoms with E-state index in [1.165, 1.54) is 11.0 Å². The van der Waals surface area contributed by atoms with E-state index >= 15 is 0 Å². The summed E-state index contributed by atoms with van der Waals surface area (Å²) >= 11 is 5.86. The fraction of sp³-hybridized carbons (Fsp3) is 0.440. The molecule has 0 aliphatic heterocycles. The molecule has 0 radical (unpaired) electrons. The van der Waals surface area contributed by atoms with Crippen molar-refractivity contribution in [1.29, 1.82) is 0 Å². The van der Waals surface area contributed by atoms with Crippen LogP contribution in [-0.4, -0.2) is 50.5 Å². The van der Waals surface area contributed by atoms with E-state index in [1.807, 2.05) is 45.0 Å². The van der Waals surface area contributed by atoms with Crippen LogP contribution in [0, 0.1) is 18.7 Å². The highest BCUT2D eigenvalue weighted by atomic mass is 35.5. The molecule has 1 atom stereocenters. The molecule has 1 unspecified atom stereocenters.